The molecule has 430 valence electrons. The number of sulfonamides is 1. The van der Waals surface area contributed by atoms with Crippen LogP contribution in [0.3, 0.4) is 0 Å². The van der Waals surface area contributed by atoms with Gasteiger partial charge in [0.15, 0.2) is 0 Å². The van der Waals surface area contributed by atoms with E-state index in [0.717, 1.165) is 31.7 Å². The van der Waals surface area contributed by atoms with Crippen LogP contribution in [0.2, 0.25) is 0 Å². The molecule has 0 radical (unpaired) electrons. The van der Waals surface area contributed by atoms with Gasteiger partial charge in [0.05, 0.1) is 4.90 Å². The number of carboxylic acids is 3. The highest BCUT2D eigenvalue weighted by Gasteiger charge is 2.39. The topological polar surface area (TPSA) is 331 Å². The van der Waals surface area contributed by atoms with Crippen molar-refractivity contribution in [2.24, 2.45) is 5.73 Å². The standard InChI is InChI=1S/C42H49N9O6S.3C2HF3O2/c43-40(44)32-12-6-31(7-13-32)28-45-41(54)36-26-29-8-14-33(15-9-29)46-38(52)18-20-50-22-24-51(25-23-50)21-19-39(53)47-34-16-10-30(11-17-34)27-37(42(55)48-36)49-58(56,57)35-4-2-1-3-5-35;3*3-2(4,5)1(6)7/h1-17,36-37,49H,18-28H2,(H3,43,44)(H,45,54)(H,46,52)(H,47,53)(H,48,55);3*(H,6,7)/t36-,37+;;;/m0.../s1. The molecule has 4 aromatic rings. The summed E-state index contributed by atoms with van der Waals surface area (Å²) in [4.78, 5) is 84.9. The molecule has 4 amide bonds. The Hall–Kier alpha value is -8.16. The molecule has 0 aliphatic carbocycles. The molecule has 5 aliphatic rings. The first-order valence-electron chi connectivity index (χ1n) is 22.9. The Bertz CT molecular complexity index is 2780. The SMILES string of the molecule is N=C(N)c1ccc(CNC(=O)[C@@H]2Cc3ccc(cc3)NC(=O)CCN3CCN(CCC(=O)Nc4ccc(cc4)C[C@@H](NS(=O)(=O)c4ccccc4)C(=O)N2)CC3)cc1.O=C(O)C(F)(F)F.O=C(O)C(F)(F)F.O=C(O)C(F)(F)F. The zero-order valence-electron chi connectivity index (χ0n) is 41.0. The fourth-order valence-corrected chi connectivity index (χ4v) is 7.98. The van der Waals surface area contributed by atoms with Crippen LogP contribution in [0.4, 0.5) is 50.9 Å². The first-order valence-corrected chi connectivity index (χ1v) is 24.4. The Morgan fingerprint density at radius 3 is 1.38 bits per heavy atom. The zero-order valence-corrected chi connectivity index (χ0v) is 41.9. The fourth-order valence-electron chi connectivity index (χ4n) is 6.76. The lowest BCUT2D eigenvalue weighted by Gasteiger charge is -2.34. The Morgan fingerprint density at radius 2 is 1.00 bits per heavy atom. The highest BCUT2D eigenvalue weighted by atomic mass is 32.2. The fraction of sp³-hybridized carbons (Fsp3) is 0.333. The average molecular weight is 1150 g/mol. The molecule has 1 fully saturated rings. The van der Waals surface area contributed by atoms with E-state index in [9.17, 15) is 67.1 Å². The number of nitrogen functional groups attached to an aromatic ring is 1. The molecule has 31 heteroatoms. The number of carboxylic acid groups (broad SMARTS) is 3. The second-order valence-electron chi connectivity index (χ2n) is 16.9. The molecule has 2 atom stereocenters. The molecule has 4 aromatic carbocycles. The number of hydrogen-bond acceptors (Lipinski definition) is 12. The summed E-state index contributed by atoms with van der Waals surface area (Å²) in [6.07, 6.45) is -14.7. The largest absolute Gasteiger partial charge is 0.490 e. The van der Waals surface area contributed by atoms with Gasteiger partial charge in [-0.15, -0.1) is 0 Å². The quantitative estimate of drug-likeness (QED) is 0.0708. The summed E-state index contributed by atoms with van der Waals surface area (Å²) < 4.78 is 125. The van der Waals surface area contributed by atoms with Crippen LogP contribution in [0.5, 0.6) is 0 Å². The lowest BCUT2D eigenvalue weighted by molar-refractivity contribution is -0.193. The maximum Gasteiger partial charge on any atom is 0.490 e. The van der Waals surface area contributed by atoms with Crippen LogP contribution >= 0.6 is 0 Å². The second-order valence-corrected chi connectivity index (χ2v) is 18.6. The van der Waals surface area contributed by atoms with Crippen LogP contribution in [0, 0.1) is 5.41 Å². The van der Waals surface area contributed by atoms with Gasteiger partial charge in [-0.05, 0) is 59.5 Å². The third-order valence-corrected chi connectivity index (χ3v) is 12.4. The highest BCUT2D eigenvalue weighted by molar-refractivity contribution is 7.89. The first-order chi connectivity index (χ1) is 36.7. The number of rotatable bonds is 7. The van der Waals surface area contributed by atoms with Gasteiger partial charge >= 0.3 is 36.4 Å². The van der Waals surface area contributed by atoms with E-state index in [1.165, 1.54) is 12.1 Å². The molecule has 0 aromatic heterocycles. The summed E-state index contributed by atoms with van der Waals surface area (Å²) in [5.41, 5.74) is 9.29. The van der Waals surface area contributed by atoms with Crippen molar-refractivity contribution in [3.63, 3.8) is 0 Å². The van der Waals surface area contributed by atoms with E-state index >= 15 is 0 Å². The molecule has 5 heterocycles. The summed E-state index contributed by atoms with van der Waals surface area (Å²) in [6, 6.07) is 25.9. The van der Waals surface area contributed by atoms with E-state index in [2.05, 4.69) is 35.8 Å². The second kappa shape index (κ2) is 29.5. The maximum atomic E-state index is 14.2. The van der Waals surface area contributed by atoms with Crippen molar-refractivity contribution in [1.82, 2.24) is 25.2 Å². The minimum Gasteiger partial charge on any atom is -0.475 e. The Kier molecular flexibility index (Phi) is 24.4. The van der Waals surface area contributed by atoms with Gasteiger partial charge < -0.3 is 52.1 Å². The van der Waals surface area contributed by atoms with E-state index in [4.69, 9.17) is 40.8 Å². The van der Waals surface area contributed by atoms with Gasteiger partial charge in [0.1, 0.15) is 17.9 Å². The van der Waals surface area contributed by atoms with Crippen LogP contribution in [0.1, 0.15) is 35.1 Å². The zero-order chi connectivity index (χ0) is 59.3. The van der Waals surface area contributed by atoms with Gasteiger partial charge in [0, 0.05) is 82.0 Å². The van der Waals surface area contributed by atoms with E-state index in [1.54, 1.807) is 91.0 Å². The van der Waals surface area contributed by atoms with Crippen molar-refractivity contribution in [2.45, 2.75) is 67.7 Å². The molecular formula is C48H52F9N9O12S. The van der Waals surface area contributed by atoms with Crippen molar-refractivity contribution in [2.75, 3.05) is 49.9 Å². The molecule has 6 bridgehead atoms. The van der Waals surface area contributed by atoms with Crippen LogP contribution in [-0.2, 0) is 63.0 Å². The number of nitrogens with zero attached hydrogens (tertiary/aromatic N) is 2. The molecule has 5 aliphatic heterocycles. The number of halogens is 9. The number of alkyl halides is 9. The minimum absolute atomic E-state index is 0.0315. The van der Waals surface area contributed by atoms with Gasteiger partial charge in [-0.3, -0.25) is 24.6 Å². The van der Waals surface area contributed by atoms with Crippen molar-refractivity contribution in [1.29, 1.82) is 5.41 Å². The van der Waals surface area contributed by atoms with Crippen molar-refractivity contribution >= 4 is 68.8 Å². The highest BCUT2D eigenvalue weighted by Crippen LogP contribution is 2.19. The van der Waals surface area contributed by atoms with Crippen LogP contribution in [0.15, 0.2) is 108 Å². The van der Waals surface area contributed by atoms with E-state index < -0.39 is 70.4 Å². The molecule has 0 saturated carbocycles. The van der Waals surface area contributed by atoms with Gasteiger partial charge in [-0.1, -0.05) is 66.7 Å². The van der Waals surface area contributed by atoms with Crippen molar-refractivity contribution in [3.8, 4) is 0 Å². The Balaban J connectivity index is 0.000000658. The predicted octanol–water partition coefficient (Wildman–Crippen LogP) is 4.09. The Labute approximate surface area is 443 Å². The third kappa shape index (κ3) is 24.0. The third-order valence-electron chi connectivity index (χ3n) is 10.9. The lowest BCUT2D eigenvalue weighted by atomic mass is 10.0. The van der Waals surface area contributed by atoms with Crippen LogP contribution < -0.4 is 31.7 Å². The number of nitrogens with two attached hydrogens (primary N) is 1. The molecule has 11 N–H and O–H groups in total. The van der Waals surface area contributed by atoms with E-state index in [-0.39, 0.29) is 41.9 Å². The van der Waals surface area contributed by atoms with Gasteiger partial charge in [0.2, 0.25) is 33.7 Å². The van der Waals surface area contributed by atoms with Gasteiger partial charge in [-0.2, -0.15) is 44.2 Å². The number of amides is 4. The molecule has 0 spiro atoms. The first kappa shape index (κ1) is 65.1. The van der Waals surface area contributed by atoms with Gasteiger partial charge in [-0.25, -0.2) is 22.8 Å². The number of nitrogens with one attached hydrogen (secondary N) is 6. The van der Waals surface area contributed by atoms with E-state index in [0.29, 0.717) is 54.0 Å². The molecule has 79 heavy (non-hydrogen) atoms. The molecular weight excluding hydrogens is 1100 g/mol. The number of aliphatic carboxylic acids is 3. The number of carbonyl (C=O) groups is 7. The predicted molar refractivity (Wildman–Crippen MR) is 263 cm³/mol. The van der Waals surface area contributed by atoms with Gasteiger partial charge in [0.25, 0.3) is 0 Å². The number of anilines is 2. The maximum absolute atomic E-state index is 14.2. The normalized spacial score (nSPS) is 18.5. The number of piperazine rings is 1. The summed E-state index contributed by atoms with van der Waals surface area (Å²) in [6.45, 7) is 4.49. The smallest absolute Gasteiger partial charge is 0.475 e. The number of amidine groups is 1. The summed E-state index contributed by atoms with van der Waals surface area (Å²) >= 11 is 0. The molecule has 9 rings (SSSR count). The number of carbonyl (C=O) groups excluding carboxylic acids is 4. The number of hydrogen-bond donors (Lipinski definition) is 10. The lowest BCUT2D eigenvalue weighted by Crippen LogP contribution is -2.55. The summed E-state index contributed by atoms with van der Waals surface area (Å²) in [5.74, 6) is -9.88. The molecule has 21 nitrogen and oxygen atoms in total. The number of fused-ring (bicyclic) bond motifs is 3. The van der Waals surface area contributed by atoms with Crippen LogP contribution in [0.25, 0.3) is 0 Å². The Morgan fingerprint density at radius 1 is 0.608 bits per heavy atom. The molecule has 1 saturated heterocycles. The number of benzene rings is 4. The minimum atomic E-state index is -5.08. The summed E-state index contributed by atoms with van der Waals surface area (Å²) in [7, 11) is -4.18. The van der Waals surface area contributed by atoms with E-state index in [1.807, 2.05) is 0 Å². The van der Waals surface area contributed by atoms with Crippen LogP contribution in [-0.4, -0.2) is 151 Å². The molecule has 0 unspecified atom stereocenters. The monoisotopic (exact) mass is 1150 g/mol. The van der Waals surface area contributed by atoms with Crippen molar-refractivity contribution in [3.05, 3.63) is 125 Å². The summed E-state index contributed by atoms with van der Waals surface area (Å²) in [5, 5.41) is 40.5. The van der Waals surface area contributed by atoms with Crippen molar-refractivity contribution < 1.29 is 96.8 Å². The average Bonchev–Trinajstić information content (AvgIpc) is 3.37.